The Hall–Kier alpha value is -3.45. The molecule has 0 aliphatic carbocycles. The van der Waals surface area contributed by atoms with Crippen molar-refractivity contribution in [3.05, 3.63) is 89.0 Å². The van der Waals surface area contributed by atoms with E-state index in [2.05, 4.69) is 4.90 Å². The lowest BCUT2D eigenvalue weighted by Gasteiger charge is -2.36. The van der Waals surface area contributed by atoms with Gasteiger partial charge in [-0.15, -0.1) is 0 Å². The summed E-state index contributed by atoms with van der Waals surface area (Å²) >= 11 is 0. The van der Waals surface area contributed by atoms with Crippen molar-refractivity contribution in [3.8, 4) is 17.2 Å². The molecule has 1 atom stereocenters. The molecule has 184 valence electrons. The smallest absolute Gasteiger partial charge is 0.203 e. The number of rotatable bonds is 8. The Morgan fingerprint density at radius 2 is 1.40 bits per heavy atom. The van der Waals surface area contributed by atoms with Gasteiger partial charge in [0.1, 0.15) is 17.4 Å². The van der Waals surface area contributed by atoms with E-state index in [1.54, 1.807) is 45.6 Å². The molecule has 4 rings (SSSR count). The second-order valence-corrected chi connectivity index (χ2v) is 8.63. The average Bonchev–Trinajstić information content (AvgIpc) is 2.87. The van der Waals surface area contributed by atoms with E-state index in [1.807, 2.05) is 12.1 Å². The standard InChI is InChI=1S/C28H29F2NO4/c1-33-25-13-8-20(27(34-2)28(25)35-3)16-31-15-14-24(32)23(17-31)26(18-4-9-21(29)10-5-18)19-6-11-22(30)12-7-19/h4-13,23,26H,14-17H2,1-3H3. The number of methoxy groups -OCH3 is 3. The van der Waals surface area contributed by atoms with Crippen molar-refractivity contribution in [2.75, 3.05) is 34.4 Å². The molecule has 0 bridgehead atoms. The highest BCUT2D eigenvalue weighted by atomic mass is 19.1. The Labute approximate surface area is 204 Å². The molecular formula is C28H29F2NO4. The number of hydrogen-bond acceptors (Lipinski definition) is 5. The fourth-order valence-corrected chi connectivity index (χ4v) is 4.89. The number of Topliss-reactive ketones (excluding diaryl/α,β-unsaturated/α-hetero) is 1. The molecule has 7 heteroatoms. The predicted octanol–water partition coefficient (Wildman–Crippen LogP) is 5.21. The number of hydrogen-bond donors (Lipinski definition) is 0. The van der Waals surface area contributed by atoms with Crippen molar-refractivity contribution in [1.82, 2.24) is 4.90 Å². The first-order chi connectivity index (χ1) is 16.9. The van der Waals surface area contributed by atoms with Gasteiger partial charge < -0.3 is 14.2 Å². The van der Waals surface area contributed by atoms with E-state index >= 15 is 0 Å². The van der Waals surface area contributed by atoms with Crippen molar-refractivity contribution in [1.29, 1.82) is 0 Å². The number of carbonyl (C=O) groups is 1. The Morgan fingerprint density at radius 3 is 1.91 bits per heavy atom. The summed E-state index contributed by atoms with van der Waals surface area (Å²) < 4.78 is 43.9. The molecule has 5 nitrogen and oxygen atoms in total. The van der Waals surface area contributed by atoms with E-state index in [9.17, 15) is 13.6 Å². The maximum Gasteiger partial charge on any atom is 0.203 e. The van der Waals surface area contributed by atoms with Gasteiger partial charge in [0, 0.05) is 43.5 Å². The van der Waals surface area contributed by atoms with E-state index in [0.29, 0.717) is 43.3 Å². The lowest BCUT2D eigenvalue weighted by atomic mass is 9.76. The first kappa shape index (κ1) is 24.7. The second-order valence-electron chi connectivity index (χ2n) is 8.63. The van der Waals surface area contributed by atoms with Gasteiger partial charge in [-0.1, -0.05) is 30.3 Å². The molecular weight excluding hydrogens is 452 g/mol. The van der Waals surface area contributed by atoms with Gasteiger partial charge in [0.15, 0.2) is 11.5 Å². The van der Waals surface area contributed by atoms with Gasteiger partial charge in [-0.05, 0) is 41.5 Å². The second kappa shape index (κ2) is 10.9. The number of ether oxygens (including phenoxy) is 3. The zero-order chi connectivity index (χ0) is 24.9. The van der Waals surface area contributed by atoms with Crippen molar-refractivity contribution in [2.24, 2.45) is 5.92 Å². The van der Waals surface area contributed by atoms with E-state index in [4.69, 9.17) is 14.2 Å². The number of carbonyl (C=O) groups excluding carboxylic acids is 1. The van der Waals surface area contributed by atoms with Crippen LogP contribution in [-0.4, -0.2) is 45.1 Å². The van der Waals surface area contributed by atoms with Gasteiger partial charge in [0.2, 0.25) is 5.75 Å². The molecule has 3 aromatic rings. The zero-order valence-electron chi connectivity index (χ0n) is 20.1. The topological polar surface area (TPSA) is 48.0 Å². The Balaban J connectivity index is 1.66. The molecule has 1 heterocycles. The maximum absolute atomic E-state index is 13.7. The minimum atomic E-state index is -0.370. The number of benzene rings is 3. The number of nitrogens with zero attached hydrogens (tertiary/aromatic N) is 1. The lowest BCUT2D eigenvalue weighted by molar-refractivity contribution is -0.126. The molecule has 1 aliphatic rings. The van der Waals surface area contributed by atoms with Gasteiger partial charge in [0.25, 0.3) is 0 Å². The number of ketones is 1. The third-order valence-electron chi connectivity index (χ3n) is 6.58. The summed E-state index contributed by atoms with van der Waals surface area (Å²) in [6.45, 7) is 1.65. The van der Waals surface area contributed by atoms with Crippen molar-refractivity contribution in [3.63, 3.8) is 0 Å². The van der Waals surface area contributed by atoms with Gasteiger partial charge in [-0.25, -0.2) is 8.78 Å². The summed E-state index contributed by atoms with van der Waals surface area (Å²) in [7, 11) is 4.72. The number of halogens is 2. The minimum absolute atomic E-state index is 0.138. The summed E-state index contributed by atoms with van der Waals surface area (Å²) in [5, 5.41) is 0. The van der Waals surface area contributed by atoms with E-state index < -0.39 is 0 Å². The lowest BCUT2D eigenvalue weighted by Crippen LogP contribution is -2.43. The molecule has 1 fully saturated rings. The van der Waals surface area contributed by atoms with Crippen LogP contribution in [0.2, 0.25) is 0 Å². The van der Waals surface area contributed by atoms with Gasteiger partial charge in [-0.3, -0.25) is 9.69 Å². The van der Waals surface area contributed by atoms with Gasteiger partial charge >= 0.3 is 0 Å². The Bertz CT molecular complexity index is 1120. The van der Waals surface area contributed by atoms with Crippen LogP contribution in [0.3, 0.4) is 0 Å². The largest absolute Gasteiger partial charge is 0.493 e. The van der Waals surface area contributed by atoms with E-state index in [1.165, 1.54) is 24.3 Å². The van der Waals surface area contributed by atoms with Crippen LogP contribution in [0.4, 0.5) is 8.78 Å². The van der Waals surface area contributed by atoms with Crippen LogP contribution < -0.4 is 14.2 Å². The first-order valence-electron chi connectivity index (χ1n) is 11.5. The molecule has 35 heavy (non-hydrogen) atoms. The van der Waals surface area contributed by atoms with Crippen molar-refractivity contribution >= 4 is 5.78 Å². The predicted molar refractivity (Wildman–Crippen MR) is 129 cm³/mol. The van der Waals surface area contributed by atoms with Crippen LogP contribution in [0.5, 0.6) is 17.2 Å². The van der Waals surface area contributed by atoms with Crippen molar-refractivity contribution < 1.29 is 27.8 Å². The summed E-state index contributed by atoms with van der Waals surface area (Å²) in [5.74, 6) is 0.449. The van der Waals surface area contributed by atoms with Crippen LogP contribution in [0.25, 0.3) is 0 Å². The highest BCUT2D eigenvalue weighted by Crippen LogP contribution is 2.41. The molecule has 0 aromatic heterocycles. The Morgan fingerprint density at radius 1 is 0.829 bits per heavy atom. The molecule has 0 amide bonds. The molecule has 1 saturated heterocycles. The van der Waals surface area contributed by atoms with Gasteiger partial charge in [-0.2, -0.15) is 0 Å². The number of likely N-dealkylation sites (tertiary alicyclic amines) is 1. The van der Waals surface area contributed by atoms with E-state index in [0.717, 1.165) is 16.7 Å². The molecule has 1 aliphatic heterocycles. The van der Waals surface area contributed by atoms with E-state index in [-0.39, 0.29) is 29.3 Å². The van der Waals surface area contributed by atoms with Crippen LogP contribution in [0.1, 0.15) is 29.0 Å². The summed E-state index contributed by atoms with van der Waals surface area (Å²) in [4.78, 5) is 15.4. The molecule has 0 spiro atoms. The fraction of sp³-hybridized carbons (Fsp3) is 0.321. The fourth-order valence-electron chi connectivity index (χ4n) is 4.89. The quantitative estimate of drug-likeness (QED) is 0.442. The van der Waals surface area contributed by atoms with Crippen LogP contribution >= 0.6 is 0 Å². The molecule has 1 unspecified atom stereocenters. The Kier molecular flexibility index (Phi) is 7.66. The molecule has 0 saturated carbocycles. The normalized spacial score (nSPS) is 16.4. The highest BCUT2D eigenvalue weighted by molar-refractivity contribution is 5.84. The van der Waals surface area contributed by atoms with Crippen LogP contribution in [-0.2, 0) is 11.3 Å². The monoisotopic (exact) mass is 481 g/mol. The molecule has 0 N–H and O–H groups in total. The van der Waals surface area contributed by atoms with Crippen LogP contribution in [0, 0.1) is 17.6 Å². The summed E-state index contributed by atoms with van der Waals surface area (Å²) in [6.07, 6.45) is 0.388. The third-order valence-corrected chi connectivity index (χ3v) is 6.58. The number of piperidine rings is 1. The maximum atomic E-state index is 13.7. The average molecular weight is 482 g/mol. The summed E-state index contributed by atoms with van der Waals surface area (Å²) in [6, 6.07) is 16.2. The minimum Gasteiger partial charge on any atom is -0.493 e. The highest BCUT2D eigenvalue weighted by Gasteiger charge is 2.36. The SMILES string of the molecule is COc1ccc(CN2CCC(=O)C(C(c3ccc(F)cc3)c3ccc(F)cc3)C2)c(OC)c1OC. The van der Waals surface area contributed by atoms with Gasteiger partial charge in [0.05, 0.1) is 21.3 Å². The zero-order valence-corrected chi connectivity index (χ0v) is 20.1. The van der Waals surface area contributed by atoms with Crippen LogP contribution in [0.15, 0.2) is 60.7 Å². The third kappa shape index (κ3) is 5.30. The molecule has 3 aromatic carbocycles. The first-order valence-corrected chi connectivity index (χ1v) is 11.5. The summed E-state index contributed by atoms with van der Waals surface area (Å²) in [5.41, 5.74) is 2.56. The van der Waals surface area contributed by atoms with Crippen molar-refractivity contribution in [2.45, 2.75) is 18.9 Å². The molecule has 0 radical (unpaired) electrons.